The van der Waals surface area contributed by atoms with Crippen LogP contribution < -0.4 is 11.1 Å². The zero-order chi connectivity index (χ0) is 11.3. The van der Waals surface area contributed by atoms with Crippen molar-refractivity contribution in [3.8, 4) is 0 Å². The Morgan fingerprint density at radius 1 is 1.67 bits per heavy atom. The fraction of sp³-hybridized carbons (Fsp3) is 0.889. The third kappa shape index (κ3) is 3.89. The van der Waals surface area contributed by atoms with Crippen LogP contribution in [-0.2, 0) is 20.3 Å². The number of nitrogens with one attached hydrogen (secondary N) is 1. The van der Waals surface area contributed by atoms with Gasteiger partial charge in [0.1, 0.15) is 5.54 Å². The molecule has 1 aliphatic heterocycles. The maximum atomic E-state index is 11.6. The average molecular weight is 234 g/mol. The van der Waals surface area contributed by atoms with Crippen molar-refractivity contribution in [2.24, 2.45) is 5.73 Å². The molecular formula is C9H18N2O3S. The molecule has 1 fully saturated rings. The minimum absolute atomic E-state index is 0.165. The molecule has 0 radical (unpaired) electrons. The maximum absolute atomic E-state index is 11.6. The second kappa shape index (κ2) is 5.58. The molecule has 3 N–H and O–H groups in total. The lowest BCUT2D eigenvalue weighted by Crippen LogP contribution is -2.54. The van der Waals surface area contributed by atoms with Gasteiger partial charge in [0.05, 0.1) is 6.61 Å². The lowest BCUT2D eigenvalue weighted by Gasteiger charge is -2.20. The van der Waals surface area contributed by atoms with Crippen molar-refractivity contribution in [1.82, 2.24) is 5.32 Å². The number of ether oxygens (including phenoxy) is 1. The highest BCUT2D eigenvalue weighted by atomic mass is 32.2. The highest BCUT2D eigenvalue weighted by Gasteiger charge is 2.37. The van der Waals surface area contributed by atoms with Gasteiger partial charge >= 0.3 is 0 Å². The number of nitrogens with two attached hydrogens (primary N) is 1. The third-order valence-corrected chi connectivity index (χ3v) is 3.26. The molecule has 2 unspecified atom stereocenters. The van der Waals surface area contributed by atoms with Crippen LogP contribution in [0.4, 0.5) is 0 Å². The summed E-state index contributed by atoms with van der Waals surface area (Å²) in [5, 5.41) is 2.74. The summed E-state index contributed by atoms with van der Waals surface area (Å²) in [6.07, 6.45) is 2.93. The van der Waals surface area contributed by atoms with Crippen LogP contribution in [0.5, 0.6) is 0 Å². The largest absolute Gasteiger partial charge is 0.379 e. The van der Waals surface area contributed by atoms with Crippen molar-refractivity contribution < 1.29 is 13.7 Å². The molecule has 1 amide bonds. The van der Waals surface area contributed by atoms with Crippen LogP contribution in [-0.4, -0.2) is 47.4 Å². The van der Waals surface area contributed by atoms with Crippen LogP contribution in [0.1, 0.15) is 12.8 Å². The zero-order valence-electron chi connectivity index (χ0n) is 8.95. The molecule has 0 aliphatic carbocycles. The molecule has 0 spiro atoms. The van der Waals surface area contributed by atoms with E-state index in [1.165, 1.54) is 0 Å². The number of carbonyl (C=O) groups excluding carboxylic acids is 1. The van der Waals surface area contributed by atoms with Gasteiger partial charge in [-0.25, -0.2) is 0 Å². The molecule has 0 saturated carbocycles. The minimum Gasteiger partial charge on any atom is -0.379 e. The van der Waals surface area contributed by atoms with Gasteiger partial charge in [-0.2, -0.15) is 0 Å². The van der Waals surface area contributed by atoms with Crippen molar-refractivity contribution in [3.63, 3.8) is 0 Å². The fourth-order valence-corrected chi connectivity index (χ4v) is 1.96. The van der Waals surface area contributed by atoms with E-state index in [-0.39, 0.29) is 5.91 Å². The summed E-state index contributed by atoms with van der Waals surface area (Å²) in [4.78, 5) is 11.6. The number of hydrogen-bond donors (Lipinski definition) is 2. The fourth-order valence-electron chi connectivity index (χ4n) is 1.41. The molecule has 0 bridgehead atoms. The molecule has 0 aromatic carbocycles. The van der Waals surface area contributed by atoms with Crippen molar-refractivity contribution in [3.05, 3.63) is 0 Å². The van der Waals surface area contributed by atoms with E-state index < -0.39 is 16.3 Å². The van der Waals surface area contributed by atoms with Gasteiger partial charge in [-0.15, -0.1) is 0 Å². The van der Waals surface area contributed by atoms with Gasteiger partial charge < -0.3 is 15.8 Å². The molecule has 15 heavy (non-hydrogen) atoms. The smallest absolute Gasteiger partial charge is 0.242 e. The lowest BCUT2D eigenvalue weighted by molar-refractivity contribution is -0.126. The summed E-state index contributed by atoms with van der Waals surface area (Å²) >= 11 is 0. The summed E-state index contributed by atoms with van der Waals surface area (Å²) in [7, 11) is -0.800. The summed E-state index contributed by atoms with van der Waals surface area (Å²) in [6.45, 7) is 1.36. The summed E-state index contributed by atoms with van der Waals surface area (Å²) < 4.78 is 15.9. The van der Waals surface area contributed by atoms with E-state index >= 15 is 0 Å². The van der Waals surface area contributed by atoms with Crippen LogP contribution in [0.3, 0.4) is 0 Å². The van der Waals surface area contributed by atoms with E-state index in [2.05, 4.69) is 5.32 Å². The molecule has 1 heterocycles. The van der Waals surface area contributed by atoms with E-state index in [9.17, 15) is 9.00 Å². The van der Waals surface area contributed by atoms with Crippen molar-refractivity contribution in [1.29, 1.82) is 0 Å². The number of rotatable bonds is 5. The standard InChI is InChI=1S/C9H18N2O3S/c1-15(13)6-2-4-11-8(12)9(10)3-5-14-7-9/h2-7,10H2,1H3,(H,11,12). The zero-order valence-corrected chi connectivity index (χ0v) is 9.77. The van der Waals surface area contributed by atoms with Crippen molar-refractivity contribution in [2.75, 3.05) is 31.8 Å². The number of amides is 1. The molecule has 1 aliphatic rings. The highest BCUT2D eigenvalue weighted by molar-refractivity contribution is 7.84. The molecule has 1 saturated heterocycles. The third-order valence-electron chi connectivity index (χ3n) is 2.40. The van der Waals surface area contributed by atoms with Gasteiger partial charge in [-0.05, 0) is 12.8 Å². The van der Waals surface area contributed by atoms with Crippen LogP contribution in [0.2, 0.25) is 0 Å². The first-order valence-corrected chi connectivity index (χ1v) is 6.72. The molecule has 0 aromatic rings. The van der Waals surface area contributed by atoms with E-state index in [4.69, 9.17) is 10.5 Å². The SMILES string of the molecule is CS(=O)CCCNC(=O)C1(N)CCOC1. The van der Waals surface area contributed by atoms with Crippen LogP contribution in [0.25, 0.3) is 0 Å². The van der Waals surface area contributed by atoms with Gasteiger partial charge in [0.15, 0.2) is 0 Å². The van der Waals surface area contributed by atoms with E-state index in [1.54, 1.807) is 6.26 Å². The number of carbonyl (C=O) groups is 1. The van der Waals surface area contributed by atoms with Gasteiger partial charge in [-0.3, -0.25) is 9.00 Å². The Labute approximate surface area is 92.2 Å². The molecule has 0 aromatic heterocycles. The Bertz CT molecular complexity index is 252. The summed E-state index contributed by atoms with van der Waals surface area (Å²) in [5.41, 5.74) is 4.99. The quantitative estimate of drug-likeness (QED) is 0.597. The first kappa shape index (κ1) is 12.6. The van der Waals surface area contributed by atoms with E-state index in [0.29, 0.717) is 38.4 Å². The summed E-state index contributed by atoms with van der Waals surface area (Å²) in [5.74, 6) is 0.441. The Morgan fingerprint density at radius 3 is 2.93 bits per heavy atom. The van der Waals surface area contributed by atoms with Crippen LogP contribution >= 0.6 is 0 Å². The normalized spacial score (nSPS) is 27.6. The minimum atomic E-state index is -0.856. The van der Waals surface area contributed by atoms with Gasteiger partial charge in [0.2, 0.25) is 5.91 Å². The van der Waals surface area contributed by atoms with E-state index in [0.717, 1.165) is 0 Å². The van der Waals surface area contributed by atoms with Gasteiger partial charge in [-0.1, -0.05) is 0 Å². The lowest BCUT2D eigenvalue weighted by atomic mass is 9.99. The first-order chi connectivity index (χ1) is 7.04. The Hall–Kier alpha value is -0.460. The van der Waals surface area contributed by atoms with Gasteiger partial charge in [0, 0.05) is 36.0 Å². The Balaban J connectivity index is 2.21. The van der Waals surface area contributed by atoms with Crippen LogP contribution in [0, 0.1) is 0 Å². The molecule has 88 valence electrons. The van der Waals surface area contributed by atoms with Crippen LogP contribution in [0.15, 0.2) is 0 Å². The Morgan fingerprint density at radius 2 is 2.40 bits per heavy atom. The number of hydrogen-bond acceptors (Lipinski definition) is 4. The highest BCUT2D eigenvalue weighted by Crippen LogP contribution is 2.15. The Kier molecular flexibility index (Phi) is 4.69. The summed E-state index contributed by atoms with van der Waals surface area (Å²) in [6, 6.07) is 0. The molecule has 1 rings (SSSR count). The topological polar surface area (TPSA) is 81.4 Å². The molecule has 5 nitrogen and oxygen atoms in total. The predicted molar refractivity (Wildman–Crippen MR) is 58.9 cm³/mol. The van der Waals surface area contributed by atoms with Crippen molar-refractivity contribution >= 4 is 16.7 Å². The molecule has 2 atom stereocenters. The van der Waals surface area contributed by atoms with E-state index in [1.807, 2.05) is 0 Å². The molecule has 6 heteroatoms. The monoisotopic (exact) mass is 234 g/mol. The van der Waals surface area contributed by atoms with Crippen molar-refractivity contribution in [2.45, 2.75) is 18.4 Å². The second-order valence-corrected chi connectivity index (χ2v) is 5.40. The molecular weight excluding hydrogens is 216 g/mol. The predicted octanol–water partition coefficient (Wildman–Crippen LogP) is -1.01. The second-order valence-electron chi connectivity index (χ2n) is 3.85. The van der Waals surface area contributed by atoms with Gasteiger partial charge in [0.25, 0.3) is 0 Å². The maximum Gasteiger partial charge on any atom is 0.242 e. The first-order valence-electron chi connectivity index (χ1n) is 4.99. The average Bonchev–Trinajstić information content (AvgIpc) is 2.60.